The third kappa shape index (κ3) is 1.67. The first-order valence-electron chi connectivity index (χ1n) is 3.52. The number of phenolic OH excluding ortho intramolecular Hbond substituents is 1. The number of carbonyl (C=O) groups is 1. The van der Waals surface area contributed by atoms with Crippen LogP contribution >= 0.6 is 15.9 Å². The van der Waals surface area contributed by atoms with E-state index in [1.807, 2.05) is 0 Å². The number of ketones is 1. The molecule has 2 nitrogen and oxygen atoms in total. The van der Waals surface area contributed by atoms with Crippen LogP contribution in [-0.2, 0) is 0 Å². The normalized spacial score (nSPS) is 9.92. The molecule has 0 atom stereocenters. The second-order valence-corrected chi connectivity index (χ2v) is 3.57. The second kappa shape index (κ2) is 3.27. The van der Waals surface area contributed by atoms with Crippen molar-refractivity contribution < 1.29 is 9.90 Å². The Balaban J connectivity index is 3.37. The third-order valence-corrected chi connectivity index (χ3v) is 2.18. The molecule has 1 N–H and O–H groups in total. The Labute approximate surface area is 79.3 Å². The monoisotopic (exact) mass is 228 g/mol. The first-order chi connectivity index (χ1) is 5.52. The van der Waals surface area contributed by atoms with Gasteiger partial charge in [-0.2, -0.15) is 0 Å². The molecule has 0 aliphatic rings. The highest BCUT2D eigenvalue weighted by atomic mass is 79.9. The molecular weight excluding hydrogens is 220 g/mol. The van der Waals surface area contributed by atoms with Gasteiger partial charge in [0.05, 0.1) is 0 Å². The lowest BCUT2D eigenvalue weighted by Gasteiger charge is -2.04. The lowest BCUT2D eigenvalue weighted by molar-refractivity contribution is 0.101. The lowest BCUT2D eigenvalue weighted by Crippen LogP contribution is -1.95. The molecule has 0 heterocycles. The number of hydrogen-bond donors (Lipinski definition) is 1. The van der Waals surface area contributed by atoms with Gasteiger partial charge in [0.25, 0.3) is 0 Å². The van der Waals surface area contributed by atoms with Crippen LogP contribution in [0.5, 0.6) is 5.75 Å². The zero-order valence-corrected chi connectivity index (χ0v) is 8.47. The van der Waals surface area contributed by atoms with Crippen molar-refractivity contribution in [2.45, 2.75) is 13.8 Å². The van der Waals surface area contributed by atoms with E-state index in [4.69, 9.17) is 0 Å². The Hall–Kier alpha value is -0.830. The maximum absolute atomic E-state index is 11.0. The number of halogens is 1. The zero-order valence-electron chi connectivity index (χ0n) is 6.89. The molecule has 1 aromatic carbocycles. The van der Waals surface area contributed by atoms with Crippen LogP contribution in [0.4, 0.5) is 0 Å². The maximum atomic E-state index is 11.0. The van der Waals surface area contributed by atoms with Crippen LogP contribution in [0.2, 0.25) is 0 Å². The van der Waals surface area contributed by atoms with Crippen LogP contribution < -0.4 is 0 Å². The van der Waals surface area contributed by atoms with Gasteiger partial charge in [-0.1, -0.05) is 15.9 Å². The van der Waals surface area contributed by atoms with Crippen LogP contribution in [0, 0.1) is 6.92 Å². The van der Waals surface area contributed by atoms with Gasteiger partial charge in [-0.15, -0.1) is 0 Å². The smallest absolute Gasteiger partial charge is 0.160 e. The largest absolute Gasteiger partial charge is 0.508 e. The summed E-state index contributed by atoms with van der Waals surface area (Å²) in [5.41, 5.74) is 1.19. The average Bonchev–Trinajstić information content (AvgIpc) is 1.96. The number of benzene rings is 1. The molecule has 3 heteroatoms. The van der Waals surface area contributed by atoms with Crippen molar-refractivity contribution in [3.63, 3.8) is 0 Å². The summed E-state index contributed by atoms with van der Waals surface area (Å²) < 4.78 is 0.718. The fourth-order valence-electron chi connectivity index (χ4n) is 1.03. The molecule has 64 valence electrons. The summed E-state index contributed by atoms with van der Waals surface area (Å²) >= 11 is 3.20. The molecule has 0 spiro atoms. The van der Waals surface area contributed by atoms with Crippen LogP contribution in [-0.4, -0.2) is 10.9 Å². The Morgan fingerprint density at radius 2 is 2.08 bits per heavy atom. The van der Waals surface area contributed by atoms with Crippen LogP contribution in [0.1, 0.15) is 22.8 Å². The first-order valence-corrected chi connectivity index (χ1v) is 4.31. The second-order valence-electron chi connectivity index (χ2n) is 2.65. The van der Waals surface area contributed by atoms with Crippen LogP contribution in [0.25, 0.3) is 0 Å². The molecule has 0 saturated heterocycles. The van der Waals surface area contributed by atoms with Crippen molar-refractivity contribution in [2.75, 3.05) is 0 Å². The first kappa shape index (κ1) is 9.26. The predicted octanol–water partition coefficient (Wildman–Crippen LogP) is 2.67. The predicted molar refractivity (Wildman–Crippen MR) is 50.5 cm³/mol. The van der Waals surface area contributed by atoms with E-state index in [1.54, 1.807) is 19.1 Å². The highest BCUT2D eigenvalue weighted by molar-refractivity contribution is 9.10. The van der Waals surface area contributed by atoms with Crippen molar-refractivity contribution in [3.05, 3.63) is 27.7 Å². The van der Waals surface area contributed by atoms with Gasteiger partial charge in [-0.05, 0) is 26.0 Å². The minimum atomic E-state index is -0.0379. The number of Topliss-reactive ketones (excluding diaryl/α,β-unsaturated/α-hetero) is 1. The van der Waals surface area contributed by atoms with Gasteiger partial charge in [-0.3, -0.25) is 4.79 Å². The Morgan fingerprint density at radius 3 is 2.58 bits per heavy atom. The molecule has 0 unspecified atom stereocenters. The molecule has 0 aromatic heterocycles. The lowest BCUT2D eigenvalue weighted by atomic mass is 10.1. The number of rotatable bonds is 1. The van der Waals surface area contributed by atoms with E-state index in [1.165, 1.54) is 6.92 Å². The molecule has 0 radical (unpaired) electrons. The average molecular weight is 229 g/mol. The van der Waals surface area contributed by atoms with E-state index in [9.17, 15) is 9.90 Å². The molecular formula is C9H9BrO2. The van der Waals surface area contributed by atoms with Gasteiger partial charge in [-0.25, -0.2) is 0 Å². The van der Waals surface area contributed by atoms with Crippen molar-refractivity contribution in [3.8, 4) is 5.75 Å². The van der Waals surface area contributed by atoms with Crippen molar-refractivity contribution in [2.24, 2.45) is 0 Å². The maximum Gasteiger partial charge on any atom is 0.160 e. The van der Waals surface area contributed by atoms with Gasteiger partial charge in [0.2, 0.25) is 0 Å². The van der Waals surface area contributed by atoms with E-state index in [-0.39, 0.29) is 11.5 Å². The number of phenols is 1. The van der Waals surface area contributed by atoms with Crippen LogP contribution in [0.15, 0.2) is 16.6 Å². The van der Waals surface area contributed by atoms with E-state index in [0.29, 0.717) is 11.1 Å². The molecule has 12 heavy (non-hydrogen) atoms. The summed E-state index contributed by atoms with van der Waals surface area (Å²) in [4.78, 5) is 11.0. The summed E-state index contributed by atoms with van der Waals surface area (Å²) in [6, 6.07) is 3.28. The standard InChI is InChI=1S/C9H9BrO2/c1-5-8(6(2)11)3-7(10)4-9(5)12/h3-4,12H,1-2H3. The number of carbonyl (C=O) groups excluding carboxylic acids is 1. The van der Waals surface area contributed by atoms with E-state index in [0.717, 1.165) is 4.47 Å². The molecule has 0 bridgehead atoms. The van der Waals surface area contributed by atoms with Crippen molar-refractivity contribution in [1.29, 1.82) is 0 Å². The highest BCUT2D eigenvalue weighted by Crippen LogP contribution is 2.25. The minimum absolute atomic E-state index is 0.0379. The van der Waals surface area contributed by atoms with Crippen molar-refractivity contribution in [1.82, 2.24) is 0 Å². The van der Waals surface area contributed by atoms with Gasteiger partial charge < -0.3 is 5.11 Å². The topological polar surface area (TPSA) is 37.3 Å². The number of hydrogen-bond acceptors (Lipinski definition) is 2. The fraction of sp³-hybridized carbons (Fsp3) is 0.222. The highest BCUT2D eigenvalue weighted by Gasteiger charge is 2.08. The summed E-state index contributed by atoms with van der Waals surface area (Å²) in [6.07, 6.45) is 0. The van der Waals surface area contributed by atoms with E-state index in [2.05, 4.69) is 15.9 Å². The summed E-state index contributed by atoms with van der Waals surface area (Å²) in [5, 5.41) is 9.35. The summed E-state index contributed by atoms with van der Waals surface area (Å²) in [6.45, 7) is 3.20. The number of aromatic hydroxyl groups is 1. The van der Waals surface area contributed by atoms with Gasteiger partial charge in [0.15, 0.2) is 5.78 Å². The fourth-order valence-corrected chi connectivity index (χ4v) is 1.48. The minimum Gasteiger partial charge on any atom is -0.508 e. The van der Waals surface area contributed by atoms with Gasteiger partial charge in [0.1, 0.15) is 5.75 Å². The molecule has 0 saturated carbocycles. The molecule has 1 aromatic rings. The summed E-state index contributed by atoms with van der Waals surface area (Å²) in [5.74, 6) is 0.110. The molecule has 0 fully saturated rings. The molecule has 0 aliphatic heterocycles. The molecule has 0 aliphatic carbocycles. The Morgan fingerprint density at radius 1 is 1.50 bits per heavy atom. The van der Waals surface area contributed by atoms with Gasteiger partial charge >= 0.3 is 0 Å². The summed E-state index contributed by atoms with van der Waals surface area (Å²) in [7, 11) is 0. The molecule has 0 amide bonds. The van der Waals surface area contributed by atoms with Gasteiger partial charge in [0, 0.05) is 15.6 Å². The zero-order chi connectivity index (χ0) is 9.30. The van der Waals surface area contributed by atoms with E-state index < -0.39 is 0 Å². The molecule has 1 rings (SSSR count). The van der Waals surface area contributed by atoms with E-state index >= 15 is 0 Å². The van der Waals surface area contributed by atoms with Crippen molar-refractivity contribution >= 4 is 21.7 Å². The Bertz CT molecular complexity index is 332. The third-order valence-electron chi connectivity index (χ3n) is 1.72. The SMILES string of the molecule is CC(=O)c1cc(Br)cc(O)c1C. The quantitative estimate of drug-likeness (QED) is 0.751. The van der Waals surface area contributed by atoms with Crippen LogP contribution in [0.3, 0.4) is 0 Å². The Kier molecular flexibility index (Phi) is 2.52.